The molecular formula is C15H20N2O2. The summed E-state index contributed by atoms with van der Waals surface area (Å²) >= 11 is 0. The van der Waals surface area contributed by atoms with E-state index in [0.717, 1.165) is 25.1 Å². The van der Waals surface area contributed by atoms with E-state index in [1.54, 1.807) is 6.20 Å². The number of aryl methyl sites for hydroxylation is 1. The number of pyridine rings is 1. The van der Waals surface area contributed by atoms with E-state index in [9.17, 15) is 9.59 Å². The molecule has 2 atom stereocenters. The summed E-state index contributed by atoms with van der Waals surface area (Å²) in [4.78, 5) is 29.4. The number of likely N-dealkylation sites (tertiary alicyclic amines) is 1. The van der Waals surface area contributed by atoms with Crippen molar-refractivity contribution in [3.05, 3.63) is 33.7 Å². The van der Waals surface area contributed by atoms with Gasteiger partial charge in [-0.15, -0.1) is 0 Å². The van der Waals surface area contributed by atoms with Crippen molar-refractivity contribution in [3.8, 4) is 0 Å². The normalized spacial score (nSPS) is 26.3. The maximum Gasteiger partial charge on any atom is 0.259 e. The summed E-state index contributed by atoms with van der Waals surface area (Å²) in [5.74, 6) is 0.567. The maximum absolute atomic E-state index is 12.5. The molecule has 1 aromatic rings. The quantitative estimate of drug-likeness (QED) is 0.840. The molecule has 2 aliphatic rings. The van der Waals surface area contributed by atoms with Crippen LogP contribution < -0.4 is 5.43 Å². The Morgan fingerprint density at radius 3 is 2.89 bits per heavy atom. The van der Waals surface area contributed by atoms with Crippen LogP contribution in [0.3, 0.4) is 0 Å². The Bertz CT molecular complexity index is 549. The van der Waals surface area contributed by atoms with Crippen molar-refractivity contribution in [3.63, 3.8) is 0 Å². The average Bonchev–Trinajstić information content (AvgIpc) is 2.82. The summed E-state index contributed by atoms with van der Waals surface area (Å²) in [6.45, 7) is 2.63. The van der Waals surface area contributed by atoms with Gasteiger partial charge in [-0.3, -0.25) is 9.59 Å². The van der Waals surface area contributed by atoms with Crippen LogP contribution in [0.5, 0.6) is 0 Å². The van der Waals surface area contributed by atoms with E-state index in [1.165, 1.54) is 25.3 Å². The van der Waals surface area contributed by atoms with Gasteiger partial charge in [-0.2, -0.15) is 0 Å². The molecule has 0 radical (unpaired) electrons. The Labute approximate surface area is 112 Å². The number of carbonyl (C=O) groups excluding carboxylic acids is 1. The Kier molecular flexibility index (Phi) is 3.17. The fourth-order valence-corrected chi connectivity index (χ4v) is 3.55. The minimum atomic E-state index is -0.166. The molecule has 1 amide bonds. The lowest BCUT2D eigenvalue weighted by Gasteiger charge is -2.31. The van der Waals surface area contributed by atoms with E-state index in [1.807, 2.05) is 11.8 Å². The molecular weight excluding hydrogens is 240 g/mol. The van der Waals surface area contributed by atoms with Gasteiger partial charge in [0, 0.05) is 30.5 Å². The number of carbonyl (C=O) groups is 1. The standard InChI is InChI=1S/C15H20N2O2/c1-10-8-14(18)12(9-16-10)15(19)17-7-6-11-4-2-3-5-13(11)17/h8-9,11,13H,2-7H2,1H3,(H,16,18). The third-order valence-electron chi connectivity index (χ3n) is 4.56. The van der Waals surface area contributed by atoms with Gasteiger partial charge >= 0.3 is 0 Å². The second-order valence-corrected chi connectivity index (χ2v) is 5.79. The smallest absolute Gasteiger partial charge is 0.259 e. The molecule has 2 heterocycles. The predicted molar refractivity (Wildman–Crippen MR) is 73.2 cm³/mol. The molecule has 4 heteroatoms. The summed E-state index contributed by atoms with van der Waals surface area (Å²) in [5, 5.41) is 0. The molecule has 1 aliphatic heterocycles. The van der Waals surface area contributed by atoms with Crippen LogP contribution in [0.4, 0.5) is 0 Å². The van der Waals surface area contributed by atoms with E-state index >= 15 is 0 Å². The lowest BCUT2D eigenvalue weighted by atomic mass is 9.85. The van der Waals surface area contributed by atoms with Crippen LogP contribution in [-0.2, 0) is 0 Å². The highest BCUT2D eigenvalue weighted by molar-refractivity contribution is 5.94. The van der Waals surface area contributed by atoms with Gasteiger partial charge in [-0.25, -0.2) is 0 Å². The highest BCUT2D eigenvalue weighted by atomic mass is 16.2. The van der Waals surface area contributed by atoms with Crippen molar-refractivity contribution in [2.75, 3.05) is 6.54 Å². The summed E-state index contributed by atoms with van der Waals surface area (Å²) in [6.07, 6.45) is 7.48. The molecule has 0 spiro atoms. The number of hydrogen-bond acceptors (Lipinski definition) is 2. The van der Waals surface area contributed by atoms with E-state index < -0.39 is 0 Å². The molecule has 4 nitrogen and oxygen atoms in total. The Balaban J connectivity index is 1.86. The summed E-state index contributed by atoms with van der Waals surface area (Å²) in [5.41, 5.74) is 0.913. The predicted octanol–water partition coefficient (Wildman–Crippen LogP) is 2.09. The Morgan fingerprint density at radius 1 is 1.32 bits per heavy atom. The zero-order valence-electron chi connectivity index (χ0n) is 11.3. The number of nitrogens with one attached hydrogen (secondary N) is 1. The first-order valence-electron chi connectivity index (χ1n) is 7.17. The number of aromatic nitrogens is 1. The van der Waals surface area contributed by atoms with Crippen LogP contribution in [0.2, 0.25) is 0 Å². The third-order valence-corrected chi connectivity index (χ3v) is 4.56. The van der Waals surface area contributed by atoms with Gasteiger partial charge < -0.3 is 9.88 Å². The molecule has 2 fully saturated rings. The Morgan fingerprint density at radius 2 is 2.11 bits per heavy atom. The summed E-state index contributed by atoms with van der Waals surface area (Å²) in [7, 11) is 0. The minimum absolute atomic E-state index is 0.0874. The van der Waals surface area contributed by atoms with Gasteiger partial charge in [0.25, 0.3) is 5.91 Å². The molecule has 102 valence electrons. The Hall–Kier alpha value is -1.58. The van der Waals surface area contributed by atoms with Crippen molar-refractivity contribution in [2.45, 2.75) is 45.1 Å². The first-order valence-corrected chi connectivity index (χ1v) is 7.17. The van der Waals surface area contributed by atoms with Crippen LogP contribution in [0.15, 0.2) is 17.1 Å². The summed E-state index contributed by atoms with van der Waals surface area (Å²) in [6, 6.07) is 1.86. The zero-order valence-corrected chi connectivity index (χ0v) is 11.3. The topological polar surface area (TPSA) is 53.2 Å². The molecule has 0 aromatic carbocycles. The van der Waals surface area contributed by atoms with E-state index in [-0.39, 0.29) is 16.9 Å². The lowest BCUT2D eigenvalue weighted by molar-refractivity contribution is 0.0688. The number of aromatic amines is 1. The SMILES string of the molecule is Cc1cc(=O)c(C(=O)N2CCC3CCCCC32)c[nH]1. The number of hydrogen-bond donors (Lipinski definition) is 1. The summed E-state index contributed by atoms with van der Waals surface area (Å²) < 4.78 is 0. The van der Waals surface area contributed by atoms with Gasteiger partial charge in [-0.1, -0.05) is 12.8 Å². The van der Waals surface area contributed by atoms with Crippen molar-refractivity contribution in [1.82, 2.24) is 9.88 Å². The molecule has 1 saturated carbocycles. The van der Waals surface area contributed by atoms with Gasteiger partial charge in [-0.05, 0) is 32.1 Å². The minimum Gasteiger partial charge on any atom is -0.364 e. The largest absolute Gasteiger partial charge is 0.364 e. The van der Waals surface area contributed by atoms with Crippen LogP contribution >= 0.6 is 0 Å². The molecule has 19 heavy (non-hydrogen) atoms. The van der Waals surface area contributed by atoms with Crippen LogP contribution in [-0.4, -0.2) is 28.4 Å². The van der Waals surface area contributed by atoms with Gasteiger partial charge in [0.2, 0.25) is 0 Å². The highest BCUT2D eigenvalue weighted by Crippen LogP contribution is 2.36. The molecule has 0 bridgehead atoms. The number of nitrogens with zero attached hydrogens (tertiary/aromatic N) is 1. The number of amides is 1. The van der Waals surface area contributed by atoms with Crippen molar-refractivity contribution < 1.29 is 4.79 Å². The second-order valence-electron chi connectivity index (χ2n) is 5.79. The maximum atomic E-state index is 12.5. The van der Waals surface area contributed by atoms with Gasteiger partial charge in [0.15, 0.2) is 5.43 Å². The molecule has 1 N–H and O–H groups in total. The molecule has 2 unspecified atom stereocenters. The van der Waals surface area contributed by atoms with E-state index in [2.05, 4.69) is 4.98 Å². The second kappa shape index (κ2) is 4.83. The molecule has 1 aliphatic carbocycles. The van der Waals surface area contributed by atoms with Crippen molar-refractivity contribution in [1.29, 1.82) is 0 Å². The number of fused-ring (bicyclic) bond motifs is 1. The fourth-order valence-electron chi connectivity index (χ4n) is 3.55. The van der Waals surface area contributed by atoms with Gasteiger partial charge in [0.05, 0.1) is 0 Å². The first-order chi connectivity index (χ1) is 9.16. The first kappa shape index (κ1) is 12.5. The number of H-pyrrole nitrogens is 1. The molecule has 1 aromatic heterocycles. The van der Waals surface area contributed by atoms with Crippen LogP contribution in [0.25, 0.3) is 0 Å². The fraction of sp³-hybridized carbons (Fsp3) is 0.600. The molecule has 1 saturated heterocycles. The van der Waals surface area contributed by atoms with Crippen molar-refractivity contribution in [2.24, 2.45) is 5.92 Å². The lowest BCUT2D eigenvalue weighted by Crippen LogP contribution is -2.41. The number of rotatable bonds is 1. The van der Waals surface area contributed by atoms with Crippen molar-refractivity contribution >= 4 is 5.91 Å². The van der Waals surface area contributed by atoms with E-state index in [4.69, 9.17) is 0 Å². The average molecular weight is 260 g/mol. The van der Waals surface area contributed by atoms with E-state index in [0.29, 0.717) is 12.0 Å². The molecule has 3 rings (SSSR count). The highest BCUT2D eigenvalue weighted by Gasteiger charge is 2.38. The zero-order chi connectivity index (χ0) is 13.4. The van der Waals surface area contributed by atoms with Crippen LogP contribution in [0.1, 0.15) is 48.2 Å². The van der Waals surface area contributed by atoms with Gasteiger partial charge in [0.1, 0.15) is 5.56 Å². The monoisotopic (exact) mass is 260 g/mol. The van der Waals surface area contributed by atoms with Crippen LogP contribution in [0, 0.1) is 12.8 Å². The third kappa shape index (κ3) is 2.20.